The van der Waals surface area contributed by atoms with E-state index in [1.54, 1.807) is 13.8 Å². The van der Waals surface area contributed by atoms with E-state index in [1.165, 1.54) is 20.8 Å². The number of H-pyrrole nitrogens is 5. The van der Waals surface area contributed by atoms with E-state index < -0.39 is 238 Å². The van der Waals surface area contributed by atoms with Gasteiger partial charge in [0.25, 0.3) is 68.9 Å². The highest BCUT2D eigenvalue weighted by atomic mass is 19.3. The van der Waals surface area contributed by atoms with Gasteiger partial charge >= 0.3 is 34.5 Å². The number of carbonyl (C=O) groups is 1. The quantitative estimate of drug-likeness (QED) is 0.0221. The van der Waals surface area contributed by atoms with Crippen LogP contribution in [0.4, 0.5) is 52.7 Å². The number of fused-ring (bicyclic) bond motifs is 4. The maximum Gasteiger partial charge on any atom is 0.330 e. The molecule has 0 spiro atoms. The van der Waals surface area contributed by atoms with Crippen LogP contribution in [-0.2, 0) is 33.2 Å². The van der Waals surface area contributed by atoms with E-state index in [4.69, 9.17) is 49.3 Å². The highest BCUT2D eigenvalue weighted by molar-refractivity contribution is 5.57. The molecule has 6 saturated heterocycles. The Hall–Kier alpha value is -10.9. The number of ether oxygens (including phenoxy) is 7. The Morgan fingerprint density at radius 1 is 0.445 bits per heavy atom. The molecule has 0 aromatic carbocycles. The number of aromatic amines is 5. The highest BCUT2D eigenvalue weighted by Gasteiger charge is 2.69. The molecule has 9 N–H and O–H groups in total. The predicted octanol–water partition coefficient (Wildman–Crippen LogP) is 2.42. The van der Waals surface area contributed by atoms with E-state index in [0.29, 0.717) is 31.1 Å². The molecule has 654 valence electrons. The topological polar surface area (TPSA) is 569 Å². The first-order chi connectivity index (χ1) is 55.5. The SMILES string of the molecule is CCC1(CC)O[C@@H](n2ccc(=O)[nH]c2=O)C(F)(F)[C@@H]1C.C[C@@H]1C(CO)(CO)O[C@@H](n2ccc(=O)[nH]c2=O)C1(F)F.C[C@@H]1[C@@H](C=O)O[C@@H](n2ccc(=O)[nH]c2=O)C1(F)F.C[C@@H]1[C@@H](CO)O[C@@H](n2ccc(=O)[nH]c2=O)C1(F)F.C[C@H]1C(F)(F)[C@H](n2ccc(=O)[nH]c2=O)O[C@@]1(CO)CN=[N+]=[N-].C[C@H]1C(F)(F)[C@H]2O[C@]1(CN=[N+]=[N-])COc1nc(=O)ccn12. The molecule has 6 fully saturated rings. The fraction of sp³-hybridized carbons (Fsp3) is 0.621. The molecular weight excluding hydrogens is 1640 g/mol. The lowest BCUT2D eigenvalue weighted by atomic mass is 9.82. The summed E-state index contributed by atoms with van der Waals surface area (Å²) in [4.78, 5) is 152. The van der Waals surface area contributed by atoms with Gasteiger partial charge < -0.3 is 58.4 Å². The van der Waals surface area contributed by atoms with Crippen molar-refractivity contribution < 1.29 is 111 Å². The number of aromatic nitrogens is 12. The molecule has 0 aliphatic carbocycles. The number of aldehydes is 1. The lowest BCUT2D eigenvalue weighted by Crippen LogP contribution is -2.47. The molecule has 0 radical (unpaired) electrons. The minimum atomic E-state index is -3.53. The molecule has 0 amide bonds. The Morgan fingerprint density at radius 3 is 1.11 bits per heavy atom. The van der Waals surface area contributed by atoms with Gasteiger partial charge in [-0.15, -0.1) is 0 Å². The van der Waals surface area contributed by atoms with E-state index in [0.717, 1.165) is 103 Å². The largest absolute Gasteiger partial charge is 0.461 e. The first kappa shape index (κ1) is 93.6. The van der Waals surface area contributed by atoms with Crippen molar-refractivity contribution in [1.82, 2.24) is 57.3 Å². The van der Waals surface area contributed by atoms with Gasteiger partial charge in [0.2, 0.25) is 37.4 Å². The fourth-order valence-corrected chi connectivity index (χ4v) is 13.8. The third-order valence-corrected chi connectivity index (χ3v) is 21.8. The van der Waals surface area contributed by atoms with Crippen LogP contribution in [0, 0.1) is 35.5 Å². The van der Waals surface area contributed by atoms with E-state index in [2.05, 4.69) is 25.0 Å². The number of nitrogens with one attached hydrogen (secondary N) is 5. The zero-order valence-electron chi connectivity index (χ0n) is 63.3. The fourth-order valence-electron chi connectivity index (χ4n) is 13.8. The van der Waals surface area contributed by atoms with Crippen LogP contribution >= 0.6 is 0 Å². The summed E-state index contributed by atoms with van der Waals surface area (Å²) in [5, 5.41) is 43.4. The normalized spacial score (nSPS) is 29.8. The summed E-state index contributed by atoms with van der Waals surface area (Å²) < 4.78 is 211. The Labute approximate surface area is 655 Å². The molecule has 2 bridgehead atoms. The van der Waals surface area contributed by atoms with E-state index in [9.17, 15) is 126 Å². The average Bonchev–Trinajstić information content (AvgIpc) is 1.59. The van der Waals surface area contributed by atoms with Crippen molar-refractivity contribution in [3.63, 3.8) is 0 Å². The van der Waals surface area contributed by atoms with Gasteiger partial charge in [-0.05, 0) is 23.9 Å². The molecule has 0 saturated carbocycles. The van der Waals surface area contributed by atoms with Gasteiger partial charge in [0.1, 0.15) is 35.8 Å². The minimum Gasteiger partial charge on any atom is -0.461 e. The molecule has 13 rings (SSSR count). The van der Waals surface area contributed by atoms with Crippen LogP contribution in [0.25, 0.3) is 20.9 Å². The van der Waals surface area contributed by atoms with Crippen molar-refractivity contribution in [1.29, 1.82) is 0 Å². The smallest absolute Gasteiger partial charge is 0.330 e. The van der Waals surface area contributed by atoms with Crippen LogP contribution in [0.3, 0.4) is 0 Å². The average molecular weight is 1720 g/mol. The molecular formula is C66H78F12N18O23. The van der Waals surface area contributed by atoms with Gasteiger partial charge in [-0.2, -0.15) is 4.98 Å². The monoisotopic (exact) mass is 1720 g/mol. The summed E-state index contributed by atoms with van der Waals surface area (Å²) in [5.41, 5.74) is 1.61. The summed E-state index contributed by atoms with van der Waals surface area (Å²) in [6, 6.07) is 5.54. The second-order valence-electron chi connectivity index (χ2n) is 28.2. The summed E-state index contributed by atoms with van der Waals surface area (Å²) in [6.07, 6.45) is -6.49. The van der Waals surface area contributed by atoms with E-state index in [-0.39, 0.29) is 25.4 Å². The molecule has 13 heterocycles. The standard InChI is InChI=1S/C13H18F2N2O3.C11H13F2N5O4.C11H11F2N5O3.C11H14F2N2O5.C10H12F2N2O4.C10H10F2N2O4/c1-4-12(5-2)8(3)13(14,15)10(20-12)17-7-6-9(18)16-11(17)19;1-6-10(5-19,4-15-17-14)22-8(11(6,12)13)18-3-2-7(20)16-9(18)21;1-6-10(4-15-17-14)5-20-9-16-7(19)2-3-18(9)8(21-10)11(6,12)13;1-6-10(4-16,5-17)20-8(11(6,12)13)15-3-2-7(18)14-9(15)19;2*1-5-6(4-15)18-8(10(5,11)12)14-3-2-7(16)13-9(14)17/h6-8,10H,4-5H2,1-3H3,(H,16,18,19);2-3,6,8,19H,4-5H2,1H3,(H,16,20,21);2-3,6,8H,4-5H2,1H3;2-3,6,8,16-17H,4-5H2,1H3,(H,14,18,19);2-3,5-6,8,15H,4H2,1H3,(H,13,16,17);2-6,8H,1H3,(H,13,16,17)/t8-,10-;2*6-,8-,10-;6-,8-;2*5-,6-,8-/m111111/s1. The second-order valence-corrected chi connectivity index (χ2v) is 28.2. The number of halogens is 12. The van der Waals surface area contributed by atoms with Gasteiger partial charge in [0.15, 0.2) is 0 Å². The summed E-state index contributed by atoms with van der Waals surface area (Å²) in [7, 11) is 0. The van der Waals surface area contributed by atoms with Crippen LogP contribution in [0.2, 0.25) is 0 Å². The molecule has 7 aliphatic heterocycles. The molecule has 119 heavy (non-hydrogen) atoms. The number of nitrogens with zero attached hydrogens (tertiary/aromatic N) is 13. The van der Waals surface area contributed by atoms with Crippen molar-refractivity contribution in [2.75, 3.05) is 46.1 Å². The first-order valence-corrected chi connectivity index (χ1v) is 35.5. The van der Waals surface area contributed by atoms with Gasteiger partial charge in [-0.3, -0.25) is 81.1 Å². The number of alkyl halides is 12. The van der Waals surface area contributed by atoms with Crippen LogP contribution < -0.4 is 66.5 Å². The molecule has 41 nitrogen and oxygen atoms in total. The number of azide groups is 2. The molecule has 16 atom stereocenters. The van der Waals surface area contributed by atoms with Gasteiger partial charge in [0, 0.05) is 83.4 Å². The van der Waals surface area contributed by atoms with Crippen molar-refractivity contribution in [2.24, 2.45) is 45.7 Å². The van der Waals surface area contributed by atoms with Gasteiger partial charge in [-0.25, -0.2) is 76.7 Å². The zero-order chi connectivity index (χ0) is 89.1. The number of aliphatic hydroxyl groups excluding tert-OH is 4. The third kappa shape index (κ3) is 17.8. The van der Waals surface area contributed by atoms with Gasteiger partial charge in [-0.1, -0.05) is 65.6 Å². The minimum absolute atomic E-state index is 0.234. The Balaban J connectivity index is 0.000000178. The van der Waals surface area contributed by atoms with Gasteiger partial charge in [0.05, 0.1) is 86.7 Å². The number of hydrogen-bond acceptors (Lipinski definition) is 26. The number of aliphatic hydroxyl groups is 4. The summed E-state index contributed by atoms with van der Waals surface area (Å²) in [6.45, 7) is 6.82. The second kappa shape index (κ2) is 35.6. The highest BCUT2D eigenvalue weighted by Crippen LogP contribution is 2.57. The predicted molar refractivity (Wildman–Crippen MR) is 378 cm³/mol. The number of rotatable bonds is 16. The lowest BCUT2D eigenvalue weighted by molar-refractivity contribution is -0.154. The van der Waals surface area contributed by atoms with Crippen molar-refractivity contribution in [2.45, 2.75) is 176 Å². The maximum absolute atomic E-state index is 14.5. The lowest BCUT2D eigenvalue weighted by Gasteiger charge is -2.31. The third-order valence-electron chi connectivity index (χ3n) is 21.8. The summed E-state index contributed by atoms with van der Waals surface area (Å²) in [5.74, 6) is -28.0. The molecule has 6 aromatic heterocycles. The van der Waals surface area contributed by atoms with Crippen LogP contribution in [-0.4, -0.2) is 200 Å². The van der Waals surface area contributed by atoms with Crippen LogP contribution in [0.15, 0.2) is 137 Å². The molecule has 0 unspecified atom stereocenters. The van der Waals surface area contributed by atoms with Crippen molar-refractivity contribution in [3.8, 4) is 6.01 Å². The zero-order valence-corrected chi connectivity index (χ0v) is 63.3. The van der Waals surface area contributed by atoms with E-state index >= 15 is 0 Å². The molecule has 7 aliphatic rings. The Bertz CT molecular complexity index is 5350. The first-order valence-electron chi connectivity index (χ1n) is 35.5. The number of hydrogen-bond donors (Lipinski definition) is 9. The Kier molecular flexibility index (Phi) is 28.0. The molecule has 6 aromatic rings. The van der Waals surface area contributed by atoms with E-state index in [1.807, 2.05) is 24.9 Å². The van der Waals surface area contributed by atoms with Crippen LogP contribution in [0.1, 0.15) is 106 Å². The van der Waals surface area contributed by atoms with Crippen molar-refractivity contribution in [3.05, 3.63) is 209 Å². The number of carbonyl (C=O) groups excluding carboxylic acids is 1. The van der Waals surface area contributed by atoms with Crippen LogP contribution in [0.5, 0.6) is 6.01 Å². The maximum atomic E-state index is 14.5. The molecule has 53 heteroatoms. The van der Waals surface area contributed by atoms with Crippen molar-refractivity contribution >= 4 is 6.29 Å². The Morgan fingerprint density at radius 2 is 0.773 bits per heavy atom. The summed E-state index contributed by atoms with van der Waals surface area (Å²) >= 11 is 0.